The Labute approximate surface area is 123 Å². The highest BCUT2D eigenvalue weighted by molar-refractivity contribution is 9.10. The first-order valence-corrected chi connectivity index (χ1v) is 8.35. The second-order valence-electron chi connectivity index (χ2n) is 4.92. The van der Waals surface area contributed by atoms with E-state index < -0.39 is 0 Å². The monoisotopic (exact) mass is 330 g/mol. The van der Waals surface area contributed by atoms with Gasteiger partial charge in [0.15, 0.2) is 0 Å². The van der Waals surface area contributed by atoms with Crippen LogP contribution in [0.2, 0.25) is 0 Å². The third kappa shape index (κ3) is 4.57. The van der Waals surface area contributed by atoms with E-state index in [0.29, 0.717) is 6.54 Å². The fourth-order valence-electron chi connectivity index (χ4n) is 1.90. The molecule has 4 heteroatoms. The molecule has 1 aromatic rings. The number of hydrogen-bond acceptors (Lipinski definition) is 3. The van der Waals surface area contributed by atoms with E-state index in [1.54, 1.807) is 0 Å². The van der Waals surface area contributed by atoms with Gasteiger partial charge in [-0.2, -0.15) is 11.8 Å². The van der Waals surface area contributed by atoms with Crippen LogP contribution in [0.4, 0.5) is 0 Å². The smallest absolute Gasteiger partial charge is 0.0341 e. The van der Waals surface area contributed by atoms with Crippen molar-refractivity contribution in [3.63, 3.8) is 0 Å². The van der Waals surface area contributed by atoms with E-state index in [4.69, 9.17) is 5.73 Å². The van der Waals surface area contributed by atoms with Crippen molar-refractivity contribution in [3.05, 3.63) is 34.3 Å². The molecule has 0 aliphatic carbocycles. The molecule has 0 aliphatic rings. The number of nitrogens with zero attached hydrogens (tertiary/aromatic N) is 1. The van der Waals surface area contributed by atoms with Gasteiger partial charge in [-0.3, -0.25) is 4.90 Å². The zero-order chi connectivity index (χ0) is 13.6. The van der Waals surface area contributed by atoms with Crippen molar-refractivity contribution in [2.24, 2.45) is 5.73 Å². The van der Waals surface area contributed by atoms with E-state index in [-0.39, 0.29) is 5.54 Å². The van der Waals surface area contributed by atoms with Gasteiger partial charge in [0.25, 0.3) is 0 Å². The Bertz CT molecular complexity index is 355. The Hall–Kier alpha value is -0.0300. The number of hydrogen-bond donors (Lipinski definition) is 1. The van der Waals surface area contributed by atoms with Crippen LogP contribution in [0.25, 0.3) is 0 Å². The Morgan fingerprint density at radius 1 is 1.33 bits per heavy atom. The number of thioether (sulfide) groups is 1. The number of benzene rings is 1. The zero-order valence-corrected chi connectivity index (χ0v) is 13.9. The summed E-state index contributed by atoms with van der Waals surface area (Å²) in [6.45, 7) is 3.99. The lowest BCUT2D eigenvalue weighted by Gasteiger charge is -2.38. The van der Waals surface area contributed by atoms with Crippen molar-refractivity contribution >= 4 is 27.7 Å². The maximum absolute atomic E-state index is 6.00. The van der Waals surface area contributed by atoms with Crippen molar-refractivity contribution in [1.29, 1.82) is 0 Å². The quantitative estimate of drug-likeness (QED) is 0.833. The van der Waals surface area contributed by atoms with Crippen LogP contribution in [0, 0.1) is 0 Å². The molecule has 0 amide bonds. The van der Waals surface area contributed by atoms with Gasteiger partial charge in [0.05, 0.1) is 0 Å². The third-order valence-electron chi connectivity index (χ3n) is 3.49. The van der Waals surface area contributed by atoms with E-state index in [9.17, 15) is 0 Å². The average molecular weight is 331 g/mol. The Kier molecular flexibility index (Phi) is 6.71. The second kappa shape index (κ2) is 7.53. The minimum absolute atomic E-state index is 0.0313. The number of rotatable bonds is 7. The van der Waals surface area contributed by atoms with Crippen LogP contribution in [0.3, 0.4) is 0 Å². The van der Waals surface area contributed by atoms with E-state index in [1.165, 1.54) is 5.56 Å². The Morgan fingerprint density at radius 2 is 1.94 bits per heavy atom. The van der Waals surface area contributed by atoms with Crippen LogP contribution in [0.15, 0.2) is 28.7 Å². The summed E-state index contributed by atoms with van der Waals surface area (Å²) in [7, 11) is 2.17. The Balaban J connectivity index is 2.72. The molecule has 1 rings (SSSR count). The third-order valence-corrected chi connectivity index (χ3v) is 4.61. The summed E-state index contributed by atoms with van der Waals surface area (Å²) in [5, 5.41) is 0. The molecule has 1 unspecified atom stereocenters. The van der Waals surface area contributed by atoms with Crippen molar-refractivity contribution in [3.8, 4) is 0 Å². The van der Waals surface area contributed by atoms with E-state index in [2.05, 4.69) is 65.3 Å². The van der Waals surface area contributed by atoms with E-state index >= 15 is 0 Å². The highest BCUT2D eigenvalue weighted by Crippen LogP contribution is 2.20. The molecule has 18 heavy (non-hydrogen) atoms. The molecule has 0 aliphatic heterocycles. The fraction of sp³-hybridized carbons (Fsp3) is 0.571. The zero-order valence-electron chi connectivity index (χ0n) is 11.4. The first kappa shape index (κ1) is 16.0. The summed E-state index contributed by atoms with van der Waals surface area (Å²) in [5.74, 6) is 1.15. The molecule has 1 atom stereocenters. The average Bonchev–Trinajstić information content (AvgIpc) is 2.38. The van der Waals surface area contributed by atoms with Crippen LogP contribution in [-0.4, -0.2) is 42.6 Å². The van der Waals surface area contributed by atoms with Crippen LogP contribution in [0.1, 0.15) is 12.5 Å². The van der Waals surface area contributed by atoms with Crippen molar-refractivity contribution in [1.82, 2.24) is 4.90 Å². The second-order valence-corrected chi connectivity index (χ2v) is 6.82. The summed E-state index contributed by atoms with van der Waals surface area (Å²) >= 11 is 5.34. The maximum atomic E-state index is 6.00. The van der Waals surface area contributed by atoms with E-state index in [0.717, 1.165) is 23.2 Å². The van der Waals surface area contributed by atoms with Gasteiger partial charge in [0.2, 0.25) is 0 Å². The number of likely N-dealkylation sites (N-methyl/N-ethyl adjacent to an activating group) is 1. The van der Waals surface area contributed by atoms with E-state index in [1.807, 2.05) is 11.8 Å². The predicted octanol–water partition coefficient (Wildman–Crippen LogP) is 3.00. The normalized spacial score (nSPS) is 14.8. The van der Waals surface area contributed by atoms with Crippen LogP contribution in [0.5, 0.6) is 0 Å². The first-order valence-electron chi connectivity index (χ1n) is 6.16. The Morgan fingerprint density at radius 3 is 2.44 bits per heavy atom. The molecule has 0 fully saturated rings. The molecular formula is C14H23BrN2S. The number of nitrogens with two attached hydrogens (primary N) is 1. The first-order chi connectivity index (χ1) is 8.51. The molecule has 0 spiro atoms. The molecule has 0 bridgehead atoms. The van der Waals surface area contributed by atoms with Gasteiger partial charge < -0.3 is 5.73 Å². The van der Waals surface area contributed by atoms with Gasteiger partial charge >= 0.3 is 0 Å². The van der Waals surface area contributed by atoms with Crippen LogP contribution in [-0.2, 0) is 6.42 Å². The maximum Gasteiger partial charge on any atom is 0.0341 e. The molecule has 2 N–H and O–H groups in total. The van der Waals surface area contributed by atoms with Crippen molar-refractivity contribution < 1.29 is 0 Å². The van der Waals surface area contributed by atoms with Gasteiger partial charge in [0.1, 0.15) is 0 Å². The van der Waals surface area contributed by atoms with Gasteiger partial charge in [0, 0.05) is 28.9 Å². The predicted molar refractivity (Wildman–Crippen MR) is 86.3 cm³/mol. The van der Waals surface area contributed by atoms with Gasteiger partial charge in [-0.1, -0.05) is 28.1 Å². The molecule has 0 radical (unpaired) electrons. The van der Waals surface area contributed by atoms with Crippen LogP contribution < -0.4 is 5.73 Å². The molecule has 2 nitrogen and oxygen atoms in total. The van der Waals surface area contributed by atoms with Gasteiger partial charge in [-0.25, -0.2) is 0 Å². The molecular weight excluding hydrogens is 308 g/mol. The van der Waals surface area contributed by atoms with Crippen molar-refractivity contribution in [2.45, 2.75) is 18.9 Å². The summed E-state index contributed by atoms with van der Waals surface area (Å²) in [6.07, 6.45) is 3.13. The SMILES string of the molecule is CSCCN(C)C(C)(CN)Cc1ccc(Br)cc1. The minimum atomic E-state index is 0.0313. The summed E-state index contributed by atoms with van der Waals surface area (Å²) < 4.78 is 1.12. The molecule has 102 valence electrons. The van der Waals surface area contributed by atoms with Gasteiger partial charge in [-0.05, 0) is 44.3 Å². The van der Waals surface area contributed by atoms with Crippen molar-refractivity contribution in [2.75, 3.05) is 32.1 Å². The highest BCUT2D eigenvalue weighted by Gasteiger charge is 2.27. The molecule has 0 aromatic heterocycles. The van der Waals surface area contributed by atoms with Crippen LogP contribution >= 0.6 is 27.7 Å². The highest BCUT2D eigenvalue weighted by atomic mass is 79.9. The summed E-state index contributed by atoms with van der Waals surface area (Å²) in [5.41, 5.74) is 7.37. The molecule has 0 saturated carbocycles. The lowest BCUT2D eigenvalue weighted by molar-refractivity contribution is 0.153. The lowest BCUT2D eigenvalue weighted by Crippen LogP contribution is -2.52. The summed E-state index contributed by atoms with van der Waals surface area (Å²) in [6, 6.07) is 8.52. The minimum Gasteiger partial charge on any atom is -0.329 e. The topological polar surface area (TPSA) is 29.3 Å². The lowest BCUT2D eigenvalue weighted by atomic mass is 9.91. The largest absolute Gasteiger partial charge is 0.329 e. The van der Waals surface area contributed by atoms with Gasteiger partial charge in [-0.15, -0.1) is 0 Å². The molecule has 0 heterocycles. The molecule has 0 saturated heterocycles. The summed E-state index contributed by atoms with van der Waals surface area (Å²) in [4.78, 5) is 2.38. The standard InChI is InChI=1S/C14H23BrN2S/c1-14(11-16,17(2)8-9-18-3)10-12-4-6-13(15)7-5-12/h4-7H,8-11,16H2,1-3H3. The number of halogens is 1. The molecule has 1 aromatic carbocycles. The fourth-order valence-corrected chi connectivity index (χ4v) is 2.62.